The van der Waals surface area contributed by atoms with Crippen LogP contribution in [0.15, 0.2) is 36.4 Å². The molecule has 0 aliphatic heterocycles. The number of hydrogen-bond donors (Lipinski definition) is 0. The number of carbonyl (C=O) groups is 1. The lowest BCUT2D eigenvalue weighted by atomic mass is 10.1. The zero-order valence-electron chi connectivity index (χ0n) is 10.7. The van der Waals surface area contributed by atoms with Gasteiger partial charge in [0.2, 0.25) is 0 Å². The van der Waals surface area contributed by atoms with Crippen LogP contribution in [-0.2, 0) is 16.0 Å². The van der Waals surface area contributed by atoms with Gasteiger partial charge in [-0.05, 0) is 38.7 Å². The zero-order valence-corrected chi connectivity index (χ0v) is 10.7. The first-order valence-electron chi connectivity index (χ1n) is 5.98. The lowest BCUT2D eigenvalue weighted by Gasteiger charge is -2.04. The van der Waals surface area contributed by atoms with Gasteiger partial charge in [-0.3, -0.25) is 0 Å². The van der Waals surface area contributed by atoms with Crippen molar-refractivity contribution in [1.82, 2.24) is 0 Å². The molecule has 0 radical (unpaired) electrons. The average molecular weight is 232 g/mol. The highest BCUT2D eigenvalue weighted by atomic mass is 16.5. The summed E-state index contributed by atoms with van der Waals surface area (Å²) >= 11 is 0. The third kappa shape index (κ3) is 5.34. The van der Waals surface area contributed by atoms with Crippen LogP contribution in [0.4, 0.5) is 0 Å². The Morgan fingerprint density at radius 3 is 2.47 bits per heavy atom. The Morgan fingerprint density at radius 2 is 1.88 bits per heavy atom. The summed E-state index contributed by atoms with van der Waals surface area (Å²) in [4.78, 5) is 11.1. The normalized spacial score (nSPS) is 10.0. The third-order valence-electron chi connectivity index (χ3n) is 2.56. The number of carbonyl (C=O) groups excluding carboxylic acids is 1. The molecule has 0 fully saturated rings. The molecular weight excluding hydrogens is 212 g/mol. The van der Waals surface area contributed by atoms with Crippen LogP contribution in [0.5, 0.6) is 0 Å². The van der Waals surface area contributed by atoms with Crippen molar-refractivity contribution in [2.75, 3.05) is 6.61 Å². The van der Waals surface area contributed by atoms with E-state index in [0.29, 0.717) is 12.2 Å². The average Bonchev–Trinajstić information content (AvgIpc) is 2.30. The summed E-state index contributed by atoms with van der Waals surface area (Å²) in [6.45, 7) is 7.76. The van der Waals surface area contributed by atoms with Crippen molar-refractivity contribution >= 4 is 5.97 Å². The summed E-state index contributed by atoms with van der Waals surface area (Å²) in [5, 5.41) is 0. The molecule has 0 amide bonds. The maximum absolute atomic E-state index is 11.1. The maximum atomic E-state index is 11.1. The molecular formula is C15H20O2. The van der Waals surface area contributed by atoms with Crippen molar-refractivity contribution in [2.24, 2.45) is 0 Å². The molecule has 1 rings (SSSR count). The lowest BCUT2D eigenvalue weighted by Crippen LogP contribution is -2.06. The van der Waals surface area contributed by atoms with E-state index in [2.05, 4.69) is 37.8 Å². The van der Waals surface area contributed by atoms with Gasteiger partial charge in [0.1, 0.15) is 0 Å². The molecule has 0 aromatic heterocycles. The largest absolute Gasteiger partial charge is 0.462 e. The Labute approximate surface area is 103 Å². The second kappa shape index (κ2) is 6.89. The van der Waals surface area contributed by atoms with Crippen LogP contribution in [0.25, 0.3) is 0 Å². The molecule has 0 aliphatic carbocycles. The first-order chi connectivity index (χ1) is 8.09. The molecule has 2 nitrogen and oxygen atoms in total. The van der Waals surface area contributed by atoms with E-state index in [1.165, 1.54) is 11.1 Å². The van der Waals surface area contributed by atoms with E-state index in [0.717, 1.165) is 19.3 Å². The number of ether oxygens (including phenoxy) is 1. The van der Waals surface area contributed by atoms with E-state index in [9.17, 15) is 4.79 Å². The van der Waals surface area contributed by atoms with Gasteiger partial charge in [0.05, 0.1) is 6.61 Å². The molecule has 0 aliphatic rings. The number of benzene rings is 1. The number of unbranched alkanes of at least 4 members (excludes halogenated alkanes) is 1. The number of aryl methyl sites for hydroxylation is 2. The highest BCUT2D eigenvalue weighted by molar-refractivity contribution is 5.86. The van der Waals surface area contributed by atoms with Crippen LogP contribution in [-0.4, -0.2) is 12.6 Å². The second-order valence-corrected chi connectivity index (χ2v) is 4.36. The third-order valence-corrected chi connectivity index (χ3v) is 2.56. The van der Waals surface area contributed by atoms with Crippen LogP contribution in [0, 0.1) is 6.92 Å². The minimum Gasteiger partial charge on any atom is -0.462 e. The highest BCUT2D eigenvalue weighted by Crippen LogP contribution is 2.07. The van der Waals surface area contributed by atoms with Crippen LogP contribution in [0.2, 0.25) is 0 Å². The summed E-state index contributed by atoms with van der Waals surface area (Å²) in [5.74, 6) is -0.291. The summed E-state index contributed by atoms with van der Waals surface area (Å²) in [6, 6.07) is 8.54. The van der Waals surface area contributed by atoms with Gasteiger partial charge in [-0.2, -0.15) is 0 Å². The molecule has 0 saturated heterocycles. The predicted octanol–water partition coefficient (Wildman–Crippen LogP) is 3.44. The molecule has 0 unspecified atom stereocenters. The van der Waals surface area contributed by atoms with Gasteiger partial charge in [-0.15, -0.1) is 0 Å². The molecule has 1 aromatic rings. The molecule has 0 saturated carbocycles. The van der Waals surface area contributed by atoms with Gasteiger partial charge in [0, 0.05) is 5.57 Å². The Kier molecular flexibility index (Phi) is 5.47. The fourth-order valence-corrected chi connectivity index (χ4v) is 1.47. The smallest absolute Gasteiger partial charge is 0.333 e. The molecule has 17 heavy (non-hydrogen) atoms. The summed E-state index contributed by atoms with van der Waals surface area (Å²) in [6.07, 6.45) is 2.96. The highest BCUT2D eigenvalue weighted by Gasteiger charge is 2.01. The first-order valence-corrected chi connectivity index (χ1v) is 5.98. The summed E-state index contributed by atoms with van der Waals surface area (Å²) in [7, 11) is 0. The standard InChI is InChI=1S/C15H20O2/c1-12(2)15(16)17-11-5-4-6-14-9-7-13(3)8-10-14/h7-10H,1,4-6,11H2,2-3H3. The first kappa shape index (κ1) is 13.5. The minimum atomic E-state index is -0.291. The van der Waals surface area contributed by atoms with Crippen LogP contribution >= 0.6 is 0 Å². The Hall–Kier alpha value is -1.57. The van der Waals surface area contributed by atoms with Crippen LogP contribution in [0.1, 0.15) is 30.9 Å². The zero-order chi connectivity index (χ0) is 12.7. The van der Waals surface area contributed by atoms with Gasteiger partial charge in [0.25, 0.3) is 0 Å². The van der Waals surface area contributed by atoms with Crippen molar-refractivity contribution in [3.05, 3.63) is 47.5 Å². The van der Waals surface area contributed by atoms with E-state index in [1.54, 1.807) is 6.92 Å². The molecule has 0 N–H and O–H groups in total. The molecule has 0 bridgehead atoms. The Balaban J connectivity index is 2.14. The lowest BCUT2D eigenvalue weighted by molar-refractivity contribution is -0.139. The SMILES string of the molecule is C=C(C)C(=O)OCCCCc1ccc(C)cc1. The molecule has 92 valence electrons. The van der Waals surface area contributed by atoms with Crippen LogP contribution in [0.3, 0.4) is 0 Å². The molecule has 0 atom stereocenters. The quantitative estimate of drug-likeness (QED) is 0.426. The number of rotatable bonds is 6. The van der Waals surface area contributed by atoms with Crippen molar-refractivity contribution < 1.29 is 9.53 Å². The minimum absolute atomic E-state index is 0.291. The second-order valence-electron chi connectivity index (χ2n) is 4.36. The summed E-state index contributed by atoms with van der Waals surface area (Å²) < 4.78 is 5.02. The molecule has 0 heterocycles. The fourth-order valence-electron chi connectivity index (χ4n) is 1.47. The summed E-state index contributed by atoms with van der Waals surface area (Å²) in [5.41, 5.74) is 3.08. The van der Waals surface area contributed by atoms with Gasteiger partial charge in [-0.25, -0.2) is 4.79 Å². The maximum Gasteiger partial charge on any atom is 0.333 e. The van der Waals surface area contributed by atoms with E-state index in [1.807, 2.05) is 0 Å². The molecule has 2 heteroatoms. The van der Waals surface area contributed by atoms with E-state index < -0.39 is 0 Å². The van der Waals surface area contributed by atoms with E-state index in [-0.39, 0.29) is 5.97 Å². The number of hydrogen-bond acceptors (Lipinski definition) is 2. The van der Waals surface area contributed by atoms with Crippen molar-refractivity contribution in [1.29, 1.82) is 0 Å². The van der Waals surface area contributed by atoms with Crippen molar-refractivity contribution in [2.45, 2.75) is 33.1 Å². The van der Waals surface area contributed by atoms with Gasteiger partial charge in [-0.1, -0.05) is 36.4 Å². The van der Waals surface area contributed by atoms with E-state index in [4.69, 9.17) is 4.74 Å². The van der Waals surface area contributed by atoms with Gasteiger partial charge >= 0.3 is 5.97 Å². The monoisotopic (exact) mass is 232 g/mol. The Morgan fingerprint density at radius 1 is 1.24 bits per heavy atom. The van der Waals surface area contributed by atoms with Gasteiger partial charge in [0.15, 0.2) is 0 Å². The van der Waals surface area contributed by atoms with Gasteiger partial charge < -0.3 is 4.74 Å². The fraction of sp³-hybridized carbons (Fsp3) is 0.400. The molecule has 0 spiro atoms. The van der Waals surface area contributed by atoms with E-state index >= 15 is 0 Å². The topological polar surface area (TPSA) is 26.3 Å². The van der Waals surface area contributed by atoms with Crippen molar-refractivity contribution in [3.63, 3.8) is 0 Å². The van der Waals surface area contributed by atoms with Crippen LogP contribution < -0.4 is 0 Å². The predicted molar refractivity (Wildman–Crippen MR) is 69.9 cm³/mol. The molecule has 1 aromatic carbocycles. The Bertz CT molecular complexity index is 376. The van der Waals surface area contributed by atoms with Crippen molar-refractivity contribution in [3.8, 4) is 0 Å². The number of esters is 1.